The summed E-state index contributed by atoms with van der Waals surface area (Å²) in [4.78, 5) is 16.7. The molecule has 3 aromatic rings. The lowest BCUT2D eigenvalue weighted by molar-refractivity contribution is 0.103. The average Bonchev–Trinajstić information content (AvgIpc) is 2.91. The van der Waals surface area contributed by atoms with E-state index in [0.717, 1.165) is 0 Å². The molecule has 100 valence electrons. The molecule has 0 aliphatic heterocycles. The molecule has 3 rings (SSSR count). The van der Waals surface area contributed by atoms with Crippen molar-refractivity contribution < 1.29 is 9.53 Å². The number of hydrogen-bond donors (Lipinski definition) is 0. The standard InChI is InChI=1S/C15H13N3O2/c1-2-20-14-6-4-3-5-11(14)15(19)12-9-17-18-8-7-16-10-13(12)18/h3-10H,2H2,1H3. The maximum Gasteiger partial charge on any atom is 0.200 e. The van der Waals surface area contributed by atoms with E-state index in [4.69, 9.17) is 4.74 Å². The molecular formula is C15H13N3O2. The minimum atomic E-state index is -0.114. The van der Waals surface area contributed by atoms with E-state index in [0.29, 0.717) is 29.0 Å². The summed E-state index contributed by atoms with van der Waals surface area (Å²) in [5.74, 6) is 0.472. The van der Waals surface area contributed by atoms with Crippen molar-refractivity contribution in [3.8, 4) is 5.75 Å². The maximum atomic E-state index is 12.7. The third kappa shape index (κ3) is 2.03. The molecule has 5 heteroatoms. The first-order valence-electron chi connectivity index (χ1n) is 6.35. The van der Waals surface area contributed by atoms with Crippen LogP contribution in [0.2, 0.25) is 0 Å². The van der Waals surface area contributed by atoms with Gasteiger partial charge in [0.2, 0.25) is 5.78 Å². The van der Waals surface area contributed by atoms with E-state index < -0.39 is 0 Å². The Morgan fingerprint density at radius 1 is 1.25 bits per heavy atom. The normalized spacial score (nSPS) is 10.7. The minimum Gasteiger partial charge on any atom is -0.493 e. The summed E-state index contributed by atoms with van der Waals surface area (Å²) in [7, 11) is 0. The quantitative estimate of drug-likeness (QED) is 0.681. The zero-order valence-electron chi connectivity index (χ0n) is 11.0. The number of para-hydroxylation sites is 1. The number of hydrogen-bond acceptors (Lipinski definition) is 4. The summed E-state index contributed by atoms with van der Waals surface area (Å²) in [5, 5.41) is 4.16. The van der Waals surface area contributed by atoms with Crippen molar-refractivity contribution in [2.24, 2.45) is 0 Å². The van der Waals surface area contributed by atoms with Crippen LogP contribution in [0, 0.1) is 0 Å². The lowest BCUT2D eigenvalue weighted by Gasteiger charge is -2.08. The van der Waals surface area contributed by atoms with E-state index in [9.17, 15) is 4.79 Å². The summed E-state index contributed by atoms with van der Waals surface area (Å²) in [5.41, 5.74) is 1.74. The van der Waals surface area contributed by atoms with Crippen molar-refractivity contribution in [2.45, 2.75) is 6.92 Å². The molecule has 1 aromatic carbocycles. The van der Waals surface area contributed by atoms with Gasteiger partial charge in [0, 0.05) is 12.4 Å². The van der Waals surface area contributed by atoms with Gasteiger partial charge in [0.05, 0.1) is 35.6 Å². The topological polar surface area (TPSA) is 56.5 Å². The third-order valence-electron chi connectivity index (χ3n) is 3.00. The highest BCUT2D eigenvalue weighted by atomic mass is 16.5. The molecule has 20 heavy (non-hydrogen) atoms. The molecule has 2 aromatic heterocycles. The van der Waals surface area contributed by atoms with Gasteiger partial charge in [-0.1, -0.05) is 12.1 Å². The van der Waals surface area contributed by atoms with Gasteiger partial charge in [-0.25, -0.2) is 4.52 Å². The smallest absolute Gasteiger partial charge is 0.200 e. The molecule has 0 aliphatic rings. The van der Waals surface area contributed by atoms with Crippen LogP contribution in [-0.4, -0.2) is 27.0 Å². The largest absolute Gasteiger partial charge is 0.493 e. The van der Waals surface area contributed by atoms with Crippen LogP contribution in [0.1, 0.15) is 22.8 Å². The van der Waals surface area contributed by atoms with Gasteiger partial charge in [-0.3, -0.25) is 9.78 Å². The Hall–Kier alpha value is -2.69. The van der Waals surface area contributed by atoms with Crippen molar-refractivity contribution in [3.63, 3.8) is 0 Å². The number of ether oxygens (including phenoxy) is 1. The molecule has 0 aliphatic carbocycles. The monoisotopic (exact) mass is 267 g/mol. The lowest BCUT2D eigenvalue weighted by atomic mass is 10.0. The second-order valence-corrected chi connectivity index (χ2v) is 4.22. The molecule has 5 nitrogen and oxygen atoms in total. The van der Waals surface area contributed by atoms with E-state index in [1.807, 2.05) is 19.1 Å². The molecule has 0 spiro atoms. The van der Waals surface area contributed by atoms with E-state index >= 15 is 0 Å². The van der Waals surface area contributed by atoms with E-state index in [1.54, 1.807) is 41.4 Å². The molecule has 0 saturated carbocycles. The van der Waals surface area contributed by atoms with Crippen molar-refractivity contribution >= 4 is 11.3 Å². The number of ketones is 1. The van der Waals surface area contributed by atoms with Crippen LogP contribution in [-0.2, 0) is 0 Å². The first-order valence-corrected chi connectivity index (χ1v) is 6.35. The van der Waals surface area contributed by atoms with Crippen LogP contribution in [0.25, 0.3) is 5.52 Å². The SMILES string of the molecule is CCOc1ccccc1C(=O)c1cnn2ccncc12. The second-order valence-electron chi connectivity index (χ2n) is 4.22. The molecule has 0 bridgehead atoms. The third-order valence-corrected chi connectivity index (χ3v) is 3.00. The maximum absolute atomic E-state index is 12.7. The molecule has 0 atom stereocenters. The Morgan fingerprint density at radius 3 is 2.95 bits per heavy atom. The number of aromatic nitrogens is 3. The van der Waals surface area contributed by atoms with Crippen molar-refractivity contribution in [1.29, 1.82) is 0 Å². The van der Waals surface area contributed by atoms with Crippen LogP contribution in [0.15, 0.2) is 49.1 Å². The Bertz CT molecular complexity index is 764. The molecule has 0 saturated heterocycles. The van der Waals surface area contributed by atoms with Crippen LogP contribution < -0.4 is 4.74 Å². The zero-order chi connectivity index (χ0) is 13.9. The Kier molecular flexibility index (Phi) is 3.16. The highest BCUT2D eigenvalue weighted by molar-refractivity contribution is 6.14. The molecule has 0 unspecified atom stereocenters. The number of fused-ring (bicyclic) bond motifs is 1. The van der Waals surface area contributed by atoms with Crippen LogP contribution in [0.5, 0.6) is 5.75 Å². The van der Waals surface area contributed by atoms with Gasteiger partial charge in [0.1, 0.15) is 5.75 Å². The Morgan fingerprint density at radius 2 is 2.10 bits per heavy atom. The van der Waals surface area contributed by atoms with Crippen molar-refractivity contribution in [2.75, 3.05) is 6.61 Å². The predicted octanol–water partition coefficient (Wildman–Crippen LogP) is 2.36. The lowest BCUT2D eigenvalue weighted by Crippen LogP contribution is -2.05. The van der Waals surface area contributed by atoms with Gasteiger partial charge >= 0.3 is 0 Å². The number of rotatable bonds is 4. The van der Waals surface area contributed by atoms with Crippen molar-refractivity contribution in [3.05, 3.63) is 60.2 Å². The summed E-state index contributed by atoms with van der Waals surface area (Å²) in [6, 6.07) is 7.22. The van der Waals surface area contributed by atoms with Gasteiger partial charge in [-0.05, 0) is 19.1 Å². The Labute approximate surface area is 115 Å². The van der Waals surface area contributed by atoms with Crippen LogP contribution in [0.3, 0.4) is 0 Å². The first-order chi connectivity index (χ1) is 9.81. The van der Waals surface area contributed by atoms with Gasteiger partial charge in [0.25, 0.3) is 0 Å². The first kappa shape index (κ1) is 12.3. The van der Waals surface area contributed by atoms with E-state index in [2.05, 4.69) is 10.1 Å². The predicted molar refractivity (Wildman–Crippen MR) is 74.0 cm³/mol. The fourth-order valence-corrected chi connectivity index (χ4v) is 2.09. The molecule has 2 heterocycles. The Balaban J connectivity index is 2.09. The molecular weight excluding hydrogens is 254 g/mol. The summed E-state index contributed by atoms with van der Waals surface area (Å²) in [6.07, 6.45) is 6.52. The summed E-state index contributed by atoms with van der Waals surface area (Å²) >= 11 is 0. The van der Waals surface area contributed by atoms with E-state index in [1.165, 1.54) is 0 Å². The second kappa shape index (κ2) is 5.13. The molecule has 0 radical (unpaired) electrons. The van der Waals surface area contributed by atoms with E-state index in [-0.39, 0.29) is 5.78 Å². The fraction of sp³-hybridized carbons (Fsp3) is 0.133. The molecule has 0 N–H and O–H groups in total. The van der Waals surface area contributed by atoms with Crippen LogP contribution in [0.4, 0.5) is 0 Å². The van der Waals surface area contributed by atoms with Gasteiger partial charge in [-0.2, -0.15) is 5.10 Å². The minimum absolute atomic E-state index is 0.114. The molecule has 0 fully saturated rings. The average molecular weight is 267 g/mol. The number of nitrogens with zero attached hydrogens (tertiary/aromatic N) is 3. The van der Waals surface area contributed by atoms with Crippen molar-refractivity contribution in [1.82, 2.24) is 14.6 Å². The van der Waals surface area contributed by atoms with Gasteiger partial charge in [-0.15, -0.1) is 0 Å². The number of carbonyl (C=O) groups is 1. The highest BCUT2D eigenvalue weighted by Crippen LogP contribution is 2.23. The zero-order valence-corrected chi connectivity index (χ0v) is 11.0. The summed E-state index contributed by atoms with van der Waals surface area (Å²) in [6.45, 7) is 2.40. The van der Waals surface area contributed by atoms with Crippen LogP contribution >= 0.6 is 0 Å². The number of benzene rings is 1. The number of carbonyl (C=O) groups excluding carboxylic acids is 1. The summed E-state index contributed by atoms with van der Waals surface area (Å²) < 4.78 is 7.13. The fourth-order valence-electron chi connectivity index (χ4n) is 2.09. The highest BCUT2D eigenvalue weighted by Gasteiger charge is 2.18. The molecule has 0 amide bonds. The van der Waals surface area contributed by atoms with Gasteiger partial charge in [0.15, 0.2) is 0 Å². The van der Waals surface area contributed by atoms with Gasteiger partial charge < -0.3 is 4.74 Å².